The predicted molar refractivity (Wildman–Crippen MR) is 79.1 cm³/mol. The maximum absolute atomic E-state index is 13.2. The number of hydrogen-bond donors (Lipinski definition) is 2. The first-order chi connectivity index (χ1) is 9.65. The van der Waals surface area contributed by atoms with Gasteiger partial charge in [-0.25, -0.2) is 4.39 Å². The summed E-state index contributed by atoms with van der Waals surface area (Å²) in [7, 11) is 0. The Morgan fingerprint density at radius 3 is 2.55 bits per heavy atom. The lowest BCUT2D eigenvalue weighted by Crippen LogP contribution is -2.26. The molecule has 0 amide bonds. The van der Waals surface area contributed by atoms with Gasteiger partial charge in [-0.05, 0) is 43.0 Å². The Morgan fingerprint density at radius 2 is 1.85 bits per heavy atom. The van der Waals surface area contributed by atoms with E-state index in [-0.39, 0.29) is 5.75 Å². The van der Waals surface area contributed by atoms with Gasteiger partial charge in [0.15, 0.2) is 11.6 Å². The van der Waals surface area contributed by atoms with Crippen molar-refractivity contribution in [2.75, 3.05) is 0 Å². The van der Waals surface area contributed by atoms with E-state index in [4.69, 9.17) is 5.11 Å². The normalized spacial score (nSPS) is 12.3. The molecule has 0 saturated carbocycles. The molecule has 2 aromatic rings. The first-order valence-corrected chi connectivity index (χ1v) is 6.90. The summed E-state index contributed by atoms with van der Waals surface area (Å²) in [6, 6.07) is 15.2. The number of aromatic hydroxyl groups is 1. The van der Waals surface area contributed by atoms with E-state index in [2.05, 4.69) is 24.4 Å². The summed E-state index contributed by atoms with van der Waals surface area (Å²) in [5.41, 5.74) is 2.17. The van der Waals surface area contributed by atoms with Crippen LogP contribution in [0.25, 0.3) is 0 Å². The van der Waals surface area contributed by atoms with Crippen molar-refractivity contribution < 1.29 is 9.50 Å². The minimum absolute atomic E-state index is 0.300. The van der Waals surface area contributed by atoms with Gasteiger partial charge in [0.25, 0.3) is 0 Å². The lowest BCUT2D eigenvalue weighted by atomic mass is 10.1. The average molecular weight is 273 g/mol. The van der Waals surface area contributed by atoms with Crippen molar-refractivity contribution in [3.05, 3.63) is 65.5 Å². The Balaban J connectivity index is 1.77. The van der Waals surface area contributed by atoms with E-state index in [0.29, 0.717) is 12.6 Å². The molecule has 106 valence electrons. The highest BCUT2D eigenvalue weighted by molar-refractivity contribution is 5.27. The Labute approximate surface area is 119 Å². The van der Waals surface area contributed by atoms with E-state index in [1.165, 1.54) is 17.7 Å². The summed E-state index contributed by atoms with van der Waals surface area (Å²) < 4.78 is 13.2. The van der Waals surface area contributed by atoms with Crippen LogP contribution in [0.5, 0.6) is 5.75 Å². The van der Waals surface area contributed by atoms with E-state index in [1.54, 1.807) is 6.07 Å². The molecule has 0 spiro atoms. The fourth-order valence-corrected chi connectivity index (χ4v) is 2.08. The predicted octanol–water partition coefficient (Wildman–Crippen LogP) is 3.64. The first kappa shape index (κ1) is 14.5. The molecule has 1 atom stereocenters. The van der Waals surface area contributed by atoms with Crippen molar-refractivity contribution in [3.8, 4) is 5.75 Å². The fraction of sp³-hybridized carbons (Fsp3) is 0.294. The Bertz CT molecular complexity index is 542. The molecule has 0 fully saturated rings. The van der Waals surface area contributed by atoms with Crippen molar-refractivity contribution >= 4 is 0 Å². The number of rotatable bonds is 6. The maximum atomic E-state index is 13.2. The molecule has 1 unspecified atom stereocenters. The number of aryl methyl sites for hydroxylation is 1. The van der Waals surface area contributed by atoms with Crippen LogP contribution in [0.4, 0.5) is 4.39 Å². The molecule has 0 radical (unpaired) electrons. The van der Waals surface area contributed by atoms with Gasteiger partial charge in [0.05, 0.1) is 0 Å². The van der Waals surface area contributed by atoms with Gasteiger partial charge in [-0.3, -0.25) is 0 Å². The molecule has 0 aliphatic rings. The van der Waals surface area contributed by atoms with Crippen LogP contribution in [0.1, 0.15) is 24.5 Å². The summed E-state index contributed by atoms with van der Waals surface area (Å²) in [6.07, 6.45) is 2.06. The molecule has 0 bridgehead atoms. The van der Waals surface area contributed by atoms with Crippen LogP contribution < -0.4 is 5.32 Å². The Kier molecular flexibility index (Phi) is 5.13. The van der Waals surface area contributed by atoms with Crippen molar-refractivity contribution in [2.24, 2.45) is 0 Å². The first-order valence-electron chi connectivity index (χ1n) is 6.90. The molecule has 0 aliphatic carbocycles. The highest BCUT2D eigenvalue weighted by Crippen LogP contribution is 2.16. The Hall–Kier alpha value is -1.87. The standard InChI is InChI=1S/C17H20FNO/c1-13(7-8-14-5-3-2-4-6-14)19-12-15-9-10-17(20)16(18)11-15/h2-6,9-11,13,19-20H,7-8,12H2,1H3. The van der Waals surface area contributed by atoms with Gasteiger partial charge in [0, 0.05) is 12.6 Å². The second-order valence-corrected chi connectivity index (χ2v) is 5.09. The second-order valence-electron chi connectivity index (χ2n) is 5.09. The van der Waals surface area contributed by atoms with E-state index in [0.717, 1.165) is 18.4 Å². The van der Waals surface area contributed by atoms with Gasteiger partial charge in [0.1, 0.15) is 0 Å². The van der Waals surface area contributed by atoms with Crippen LogP contribution in [-0.2, 0) is 13.0 Å². The van der Waals surface area contributed by atoms with E-state index in [9.17, 15) is 4.39 Å². The molecule has 0 aliphatic heterocycles. The highest BCUT2D eigenvalue weighted by atomic mass is 19.1. The van der Waals surface area contributed by atoms with E-state index in [1.807, 2.05) is 18.2 Å². The van der Waals surface area contributed by atoms with Crippen molar-refractivity contribution in [2.45, 2.75) is 32.4 Å². The van der Waals surface area contributed by atoms with Gasteiger partial charge in [0.2, 0.25) is 0 Å². The maximum Gasteiger partial charge on any atom is 0.165 e. The monoisotopic (exact) mass is 273 g/mol. The molecule has 0 saturated heterocycles. The SMILES string of the molecule is CC(CCc1ccccc1)NCc1ccc(O)c(F)c1. The highest BCUT2D eigenvalue weighted by Gasteiger charge is 2.05. The molecule has 0 heterocycles. The van der Waals surface area contributed by atoms with Crippen LogP contribution >= 0.6 is 0 Å². The fourth-order valence-electron chi connectivity index (χ4n) is 2.08. The number of phenols is 1. The zero-order valence-electron chi connectivity index (χ0n) is 11.6. The van der Waals surface area contributed by atoms with Crippen molar-refractivity contribution in [1.82, 2.24) is 5.32 Å². The van der Waals surface area contributed by atoms with Gasteiger partial charge in [-0.15, -0.1) is 0 Å². The van der Waals surface area contributed by atoms with Crippen molar-refractivity contribution in [3.63, 3.8) is 0 Å². The summed E-state index contributed by atoms with van der Waals surface area (Å²) >= 11 is 0. The summed E-state index contributed by atoms with van der Waals surface area (Å²) in [4.78, 5) is 0. The number of halogens is 1. The summed E-state index contributed by atoms with van der Waals surface area (Å²) in [5, 5.41) is 12.5. The molecule has 0 aromatic heterocycles. The van der Waals surface area contributed by atoms with E-state index >= 15 is 0 Å². The number of nitrogens with one attached hydrogen (secondary N) is 1. The van der Waals surface area contributed by atoms with Gasteiger partial charge < -0.3 is 10.4 Å². The molecule has 3 heteroatoms. The van der Waals surface area contributed by atoms with Gasteiger partial charge in [-0.1, -0.05) is 36.4 Å². The van der Waals surface area contributed by atoms with Crippen molar-refractivity contribution in [1.29, 1.82) is 0 Å². The molecule has 2 N–H and O–H groups in total. The largest absolute Gasteiger partial charge is 0.505 e. The smallest absolute Gasteiger partial charge is 0.165 e. The quantitative estimate of drug-likeness (QED) is 0.842. The zero-order valence-corrected chi connectivity index (χ0v) is 11.6. The van der Waals surface area contributed by atoms with Crippen LogP contribution in [0, 0.1) is 5.82 Å². The molecular weight excluding hydrogens is 253 g/mol. The van der Waals surface area contributed by atoms with Gasteiger partial charge >= 0.3 is 0 Å². The molecular formula is C17H20FNO. The van der Waals surface area contributed by atoms with Crippen LogP contribution in [0.15, 0.2) is 48.5 Å². The lowest BCUT2D eigenvalue weighted by molar-refractivity contribution is 0.431. The van der Waals surface area contributed by atoms with Crippen LogP contribution in [0.2, 0.25) is 0 Å². The molecule has 2 aromatic carbocycles. The summed E-state index contributed by atoms with van der Waals surface area (Å²) in [5.74, 6) is -0.868. The molecule has 20 heavy (non-hydrogen) atoms. The van der Waals surface area contributed by atoms with Gasteiger partial charge in [-0.2, -0.15) is 0 Å². The zero-order chi connectivity index (χ0) is 14.4. The van der Waals surface area contributed by atoms with E-state index < -0.39 is 5.82 Å². The number of benzene rings is 2. The molecule has 2 nitrogen and oxygen atoms in total. The second kappa shape index (κ2) is 7.06. The lowest BCUT2D eigenvalue weighted by Gasteiger charge is -2.14. The third kappa shape index (κ3) is 4.35. The van der Waals surface area contributed by atoms with Crippen LogP contribution in [-0.4, -0.2) is 11.1 Å². The number of phenolic OH excluding ortho intramolecular Hbond substituents is 1. The third-order valence-corrected chi connectivity index (χ3v) is 3.38. The average Bonchev–Trinajstić information content (AvgIpc) is 2.47. The van der Waals surface area contributed by atoms with Crippen LogP contribution in [0.3, 0.4) is 0 Å². The number of hydrogen-bond acceptors (Lipinski definition) is 2. The summed E-state index contributed by atoms with van der Waals surface area (Å²) in [6.45, 7) is 2.73. The Morgan fingerprint density at radius 1 is 1.10 bits per heavy atom. The minimum Gasteiger partial charge on any atom is -0.505 e. The minimum atomic E-state index is -0.568. The topological polar surface area (TPSA) is 32.3 Å². The molecule has 2 rings (SSSR count). The third-order valence-electron chi connectivity index (χ3n) is 3.38.